The van der Waals surface area contributed by atoms with Gasteiger partial charge < -0.3 is 4.74 Å². The van der Waals surface area contributed by atoms with Crippen LogP contribution >= 0.6 is 11.3 Å². The van der Waals surface area contributed by atoms with Crippen LogP contribution in [0.25, 0.3) is 11.3 Å². The summed E-state index contributed by atoms with van der Waals surface area (Å²) in [7, 11) is -2.38. The first-order valence-electron chi connectivity index (χ1n) is 10.0. The maximum Gasteiger partial charge on any atom is 0.269 e. The first kappa shape index (κ1) is 23.9. The number of sulfonamides is 1. The Labute approximate surface area is 204 Å². The molecule has 10 nitrogen and oxygen atoms in total. The first-order chi connectivity index (χ1) is 16.7. The van der Waals surface area contributed by atoms with Crippen molar-refractivity contribution in [2.24, 2.45) is 0 Å². The molecule has 0 unspecified atom stereocenters. The number of carbonyl (C=O) groups excluding carboxylic acids is 1. The Hall–Kier alpha value is -4.29. The zero-order chi connectivity index (χ0) is 25.0. The minimum absolute atomic E-state index is 0.0278. The molecule has 1 heterocycles. The van der Waals surface area contributed by atoms with E-state index in [-0.39, 0.29) is 21.8 Å². The molecule has 0 saturated heterocycles. The molecule has 0 saturated carbocycles. The number of methoxy groups -OCH3 is 1. The first-order valence-corrected chi connectivity index (χ1v) is 12.4. The highest BCUT2D eigenvalue weighted by Crippen LogP contribution is 2.27. The summed E-state index contributed by atoms with van der Waals surface area (Å²) < 4.78 is 32.8. The number of nitro groups is 1. The smallest absolute Gasteiger partial charge is 0.269 e. The van der Waals surface area contributed by atoms with E-state index < -0.39 is 20.9 Å². The van der Waals surface area contributed by atoms with Crippen LogP contribution in [0.3, 0.4) is 0 Å². The molecule has 12 heteroatoms. The molecule has 3 aromatic carbocycles. The van der Waals surface area contributed by atoms with Gasteiger partial charge in [0.2, 0.25) is 0 Å². The number of nitro benzene ring substituents is 1. The number of benzene rings is 3. The number of anilines is 2. The molecule has 0 aliphatic rings. The van der Waals surface area contributed by atoms with E-state index in [0.29, 0.717) is 22.1 Å². The zero-order valence-electron chi connectivity index (χ0n) is 18.2. The van der Waals surface area contributed by atoms with Crippen LogP contribution in [0.1, 0.15) is 10.4 Å². The third-order valence-corrected chi connectivity index (χ3v) is 7.00. The monoisotopic (exact) mass is 510 g/mol. The molecule has 178 valence electrons. The maximum absolute atomic E-state index is 12.7. The lowest BCUT2D eigenvalue weighted by molar-refractivity contribution is -0.384. The summed E-state index contributed by atoms with van der Waals surface area (Å²) in [5.41, 5.74) is 1.65. The molecule has 1 amide bonds. The molecule has 0 radical (unpaired) electrons. The largest absolute Gasteiger partial charge is 0.497 e. The summed E-state index contributed by atoms with van der Waals surface area (Å²) in [5.74, 6) is 0.0571. The van der Waals surface area contributed by atoms with Crippen molar-refractivity contribution >= 4 is 43.8 Å². The maximum atomic E-state index is 12.7. The van der Waals surface area contributed by atoms with Gasteiger partial charge in [0.15, 0.2) is 5.13 Å². The van der Waals surface area contributed by atoms with Crippen molar-refractivity contribution in [1.82, 2.24) is 4.98 Å². The molecular formula is C23H18N4O6S2. The molecular weight excluding hydrogens is 492 g/mol. The number of hydrogen-bond acceptors (Lipinski definition) is 8. The van der Waals surface area contributed by atoms with Crippen LogP contribution in [-0.4, -0.2) is 31.3 Å². The van der Waals surface area contributed by atoms with E-state index in [0.717, 1.165) is 0 Å². The van der Waals surface area contributed by atoms with Crippen molar-refractivity contribution in [3.05, 3.63) is 93.9 Å². The van der Waals surface area contributed by atoms with Gasteiger partial charge in [-0.15, -0.1) is 11.3 Å². The molecule has 0 bridgehead atoms. The predicted molar refractivity (Wildman–Crippen MR) is 132 cm³/mol. The van der Waals surface area contributed by atoms with E-state index in [4.69, 9.17) is 4.74 Å². The molecule has 0 fully saturated rings. The lowest BCUT2D eigenvalue weighted by Crippen LogP contribution is -2.15. The van der Waals surface area contributed by atoms with Gasteiger partial charge in [0.05, 0.1) is 22.6 Å². The van der Waals surface area contributed by atoms with Crippen LogP contribution in [0.5, 0.6) is 5.75 Å². The van der Waals surface area contributed by atoms with Crippen LogP contribution in [0, 0.1) is 10.1 Å². The van der Waals surface area contributed by atoms with Crippen LogP contribution in [0.15, 0.2) is 83.1 Å². The number of amides is 1. The number of aromatic nitrogens is 1. The van der Waals surface area contributed by atoms with E-state index in [1.165, 1.54) is 67.0 Å². The lowest BCUT2D eigenvalue weighted by Gasteiger charge is -2.10. The quantitative estimate of drug-likeness (QED) is 0.257. The number of rotatable bonds is 8. The van der Waals surface area contributed by atoms with Crippen molar-refractivity contribution < 1.29 is 22.9 Å². The van der Waals surface area contributed by atoms with Gasteiger partial charge in [-0.25, -0.2) is 13.4 Å². The van der Waals surface area contributed by atoms with Gasteiger partial charge in [-0.05, 0) is 54.6 Å². The van der Waals surface area contributed by atoms with Crippen LogP contribution in [-0.2, 0) is 10.0 Å². The molecule has 0 aliphatic carbocycles. The lowest BCUT2D eigenvalue weighted by atomic mass is 10.1. The molecule has 4 aromatic rings. The fourth-order valence-electron chi connectivity index (χ4n) is 3.08. The predicted octanol–water partition coefficient (Wildman–Crippen LogP) is 4.78. The Balaban J connectivity index is 1.46. The third-order valence-electron chi connectivity index (χ3n) is 4.85. The molecule has 0 aliphatic heterocycles. The Morgan fingerprint density at radius 3 is 2.43 bits per heavy atom. The summed E-state index contributed by atoms with van der Waals surface area (Å²) in [4.78, 5) is 27.5. The van der Waals surface area contributed by atoms with Crippen LogP contribution < -0.4 is 14.8 Å². The third kappa shape index (κ3) is 5.62. The number of nitrogens with zero attached hydrogens (tertiary/aromatic N) is 2. The second-order valence-corrected chi connectivity index (χ2v) is 9.70. The summed E-state index contributed by atoms with van der Waals surface area (Å²) in [5, 5.41) is 15.5. The SMILES string of the molecule is COc1ccc(S(=O)(=O)Nc2cccc(C(=O)Nc3nc(-c4ccc([N+](=O)[O-])cc4)cs3)c2)cc1. The van der Waals surface area contributed by atoms with E-state index in [9.17, 15) is 23.3 Å². The number of hydrogen-bond donors (Lipinski definition) is 2. The number of carbonyl (C=O) groups is 1. The Bertz CT molecular complexity index is 1480. The summed E-state index contributed by atoms with van der Waals surface area (Å²) in [6.07, 6.45) is 0. The standard InChI is InChI=1S/C23H18N4O6S2/c1-33-19-9-11-20(12-10-19)35(31,32)26-17-4-2-3-16(13-17)22(28)25-23-24-21(14-34-23)15-5-7-18(8-6-15)27(29)30/h2-14,26H,1H3,(H,24,25,28). The molecule has 4 rings (SSSR count). The summed E-state index contributed by atoms with van der Waals surface area (Å²) >= 11 is 1.19. The van der Waals surface area contributed by atoms with Gasteiger partial charge in [-0.1, -0.05) is 6.07 Å². The van der Waals surface area contributed by atoms with Gasteiger partial charge in [0.25, 0.3) is 21.6 Å². The van der Waals surface area contributed by atoms with E-state index >= 15 is 0 Å². The van der Waals surface area contributed by atoms with Crippen molar-refractivity contribution in [2.45, 2.75) is 4.90 Å². The highest BCUT2D eigenvalue weighted by molar-refractivity contribution is 7.92. The molecule has 0 spiro atoms. The summed E-state index contributed by atoms with van der Waals surface area (Å²) in [6.45, 7) is 0. The van der Waals surface area contributed by atoms with Gasteiger partial charge in [0.1, 0.15) is 5.75 Å². The molecule has 2 N–H and O–H groups in total. The second kappa shape index (κ2) is 9.91. The summed E-state index contributed by atoms with van der Waals surface area (Å²) in [6, 6.07) is 17.9. The number of nitrogens with one attached hydrogen (secondary N) is 2. The van der Waals surface area contributed by atoms with Crippen molar-refractivity contribution in [3.8, 4) is 17.0 Å². The van der Waals surface area contributed by atoms with Crippen molar-refractivity contribution in [1.29, 1.82) is 0 Å². The Kier molecular flexibility index (Phi) is 6.75. The Morgan fingerprint density at radius 1 is 1.06 bits per heavy atom. The van der Waals surface area contributed by atoms with Gasteiger partial charge in [-0.2, -0.15) is 0 Å². The van der Waals surface area contributed by atoms with Crippen molar-refractivity contribution in [2.75, 3.05) is 17.1 Å². The molecule has 35 heavy (non-hydrogen) atoms. The van der Waals surface area contributed by atoms with Gasteiger partial charge in [-0.3, -0.25) is 24.9 Å². The number of thiazole rings is 1. The second-order valence-electron chi connectivity index (χ2n) is 7.16. The fourth-order valence-corrected chi connectivity index (χ4v) is 4.84. The van der Waals surface area contributed by atoms with Crippen LogP contribution in [0.4, 0.5) is 16.5 Å². The van der Waals surface area contributed by atoms with E-state index in [1.807, 2.05) is 0 Å². The van der Waals surface area contributed by atoms with E-state index in [1.54, 1.807) is 29.6 Å². The minimum atomic E-state index is -3.87. The van der Waals surface area contributed by atoms with Crippen LogP contribution in [0.2, 0.25) is 0 Å². The fraction of sp³-hybridized carbons (Fsp3) is 0.0435. The highest BCUT2D eigenvalue weighted by Gasteiger charge is 2.16. The number of ether oxygens (including phenoxy) is 1. The zero-order valence-corrected chi connectivity index (χ0v) is 19.8. The number of non-ortho nitro benzene ring substituents is 1. The highest BCUT2D eigenvalue weighted by atomic mass is 32.2. The topological polar surface area (TPSA) is 141 Å². The molecule has 1 aromatic heterocycles. The average Bonchev–Trinajstić information content (AvgIpc) is 3.32. The molecule has 0 atom stereocenters. The van der Waals surface area contributed by atoms with Gasteiger partial charge in [0, 0.05) is 34.3 Å². The van der Waals surface area contributed by atoms with Crippen molar-refractivity contribution in [3.63, 3.8) is 0 Å². The minimum Gasteiger partial charge on any atom is -0.497 e. The van der Waals surface area contributed by atoms with Gasteiger partial charge >= 0.3 is 0 Å². The van der Waals surface area contributed by atoms with E-state index in [2.05, 4.69) is 15.0 Å². The Morgan fingerprint density at radius 2 is 1.77 bits per heavy atom. The average molecular weight is 511 g/mol. The normalized spacial score (nSPS) is 11.0.